The largest absolute Gasteiger partial charge is 0.496 e. The van der Waals surface area contributed by atoms with E-state index < -0.39 is 0 Å². The molecule has 2 aromatic carbocycles. The van der Waals surface area contributed by atoms with Crippen molar-refractivity contribution in [2.24, 2.45) is 5.73 Å². The Morgan fingerprint density at radius 3 is 2.27 bits per heavy atom. The van der Waals surface area contributed by atoms with Crippen molar-refractivity contribution < 1.29 is 9.53 Å². The lowest BCUT2D eigenvalue weighted by Gasteiger charge is -2.17. The Hall–Kier alpha value is -2.33. The molecular formula is C22H30N2O2. The molecule has 26 heavy (non-hydrogen) atoms. The number of carbonyl (C=O) groups excluding carboxylic acids is 1. The van der Waals surface area contributed by atoms with E-state index in [1.807, 2.05) is 43.3 Å². The van der Waals surface area contributed by atoms with E-state index in [1.54, 1.807) is 7.11 Å². The third-order valence-electron chi connectivity index (χ3n) is 4.71. The lowest BCUT2D eigenvalue weighted by atomic mass is 9.96. The van der Waals surface area contributed by atoms with E-state index in [-0.39, 0.29) is 17.9 Å². The lowest BCUT2D eigenvalue weighted by molar-refractivity contribution is -0.121. The molecule has 0 radical (unpaired) electrons. The number of amides is 1. The van der Waals surface area contributed by atoms with Crippen LogP contribution in [0, 0.1) is 0 Å². The number of hydrogen-bond acceptors (Lipinski definition) is 3. The Balaban J connectivity index is 1.87. The second-order valence-electron chi connectivity index (χ2n) is 7.08. The fourth-order valence-corrected chi connectivity index (χ4v) is 3.00. The number of ether oxygens (including phenoxy) is 1. The van der Waals surface area contributed by atoms with Crippen LogP contribution in [0.1, 0.15) is 61.8 Å². The van der Waals surface area contributed by atoms with Gasteiger partial charge in [-0.1, -0.05) is 63.2 Å². The summed E-state index contributed by atoms with van der Waals surface area (Å²) in [5, 5.41) is 2.95. The van der Waals surface area contributed by atoms with Crippen molar-refractivity contribution in [3.63, 3.8) is 0 Å². The number of methoxy groups -OCH3 is 1. The predicted molar refractivity (Wildman–Crippen MR) is 106 cm³/mol. The first-order valence-corrected chi connectivity index (χ1v) is 9.17. The third kappa shape index (κ3) is 5.33. The predicted octanol–water partition coefficient (Wildman–Crippen LogP) is 4.13. The van der Waals surface area contributed by atoms with Gasteiger partial charge in [-0.3, -0.25) is 4.79 Å². The molecule has 4 heteroatoms. The molecule has 0 aliphatic carbocycles. The van der Waals surface area contributed by atoms with Crippen molar-refractivity contribution in [2.45, 2.75) is 45.1 Å². The Morgan fingerprint density at radius 1 is 1.04 bits per heavy atom. The SMILES string of the molecule is COc1ccccc1C(C)CC(=O)NCC(N)c1ccc(C(C)C)cc1. The summed E-state index contributed by atoms with van der Waals surface area (Å²) in [6, 6.07) is 15.9. The normalized spacial score (nSPS) is 13.3. The molecule has 140 valence electrons. The Labute approximate surface area is 156 Å². The van der Waals surface area contributed by atoms with E-state index in [0.717, 1.165) is 16.9 Å². The Bertz CT molecular complexity index is 710. The maximum absolute atomic E-state index is 12.3. The van der Waals surface area contributed by atoms with Gasteiger partial charge >= 0.3 is 0 Å². The van der Waals surface area contributed by atoms with Crippen molar-refractivity contribution in [3.05, 3.63) is 65.2 Å². The molecule has 0 fully saturated rings. The van der Waals surface area contributed by atoms with Crippen LogP contribution in [0.5, 0.6) is 5.75 Å². The first-order chi connectivity index (χ1) is 12.4. The highest BCUT2D eigenvalue weighted by atomic mass is 16.5. The van der Waals surface area contributed by atoms with E-state index in [2.05, 4.69) is 31.3 Å². The van der Waals surface area contributed by atoms with Crippen molar-refractivity contribution in [1.29, 1.82) is 0 Å². The minimum absolute atomic E-state index is 0.00217. The number of carbonyl (C=O) groups is 1. The van der Waals surface area contributed by atoms with Crippen LogP contribution in [0.25, 0.3) is 0 Å². The highest BCUT2D eigenvalue weighted by molar-refractivity contribution is 5.77. The minimum Gasteiger partial charge on any atom is -0.496 e. The monoisotopic (exact) mass is 354 g/mol. The first kappa shape index (κ1) is 20.0. The molecular weight excluding hydrogens is 324 g/mol. The zero-order valence-electron chi connectivity index (χ0n) is 16.2. The molecule has 4 nitrogen and oxygen atoms in total. The first-order valence-electron chi connectivity index (χ1n) is 9.17. The summed E-state index contributed by atoms with van der Waals surface area (Å²) in [4.78, 5) is 12.3. The van der Waals surface area contributed by atoms with Gasteiger partial charge in [-0.05, 0) is 34.6 Å². The zero-order chi connectivity index (χ0) is 19.1. The fourth-order valence-electron chi connectivity index (χ4n) is 3.00. The van der Waals surface area contributed by atoms with Crippen LogP contribution < -0.4 is 15.8 Å². The van der Waals surface area contributed by atoms with Crippen molar-refractivity contribution in [1.82, 2.24) is 5.32 Å². The smallest absolute Gasteiger partial charge is 0.220 e. The van der Waals surface area contributed by atoms with E-state index >= 15 is 0 Å². The molecule has 0 saturated heterocycles. The minimum atomic E-state index is -0.207. The molecule has 2 aromatic rings. The summed E-state index contributed by atoms with van der Waals surface area (Å²) in [6.45, 7) is 6.79. The molecule has 0 aliphatic rings. The number of nitrogens with one attached hydrogen (secondary N) is 1. The quantitative estimate of drug-likeness (QED) is 0.749. The molecule has 2 rings (SSSR count). The van der Waals surface area contributed by atoms with Crippen LogP contribution in [-0.2, 0) is 4.79 Å². The van der Waals surface area contributed by atoms with Gasteiger partial charge in [0.2, 0.25) is 5.91 Å². The molecule has 0 spiro atoms. The van der Waals surface area contributed by atoms with Crippen LogP contribution in [0.3, 0.4) is 0 Å². The third-order valence-corrected chi connectivity index (χ3v) is 4.71. The summed E-state index contributed by atoms with van der Waals surface area (Å²) >= 11 is 0. The summed E-state index contributed by atoms with van der Waals surface area (Å²) in [5.41, 5.74) is 9.59. The second kappa shape index (κ2) is 9.39. The zero-order valence-corrected chi connectivity index (χ0v) is 16.2. The summed E-state index contributed by atoms with van der Waals surface area (Å²) < 4.78 is 5.38. The number of para-hydroxylation sites is 1. The van der Waals surface area contributed by atoms with E-state index in [0.29, 0.717) is 18.9 Å². The van der Waals surface area contributed by atoms with Gasteiger partial charge in [-0.25, -0.2) is 0 Å². The molecule has 2 unspecified atom stereocenters. The maximum atomic E-state index is 12.3. The second-order valence-corrected chi connectivity index (χ2v) is 7.08. The maximum Gasteiger partial charge on any atom is 0.220 e. The van der Waals surface area contributed by atoms with Gasteiger partial charge < -0.3 is 15.8 Å². The van der Waals surface area contributed by atoms with E-state index in [9.17, 15) is 4.79 Å². The van der Waals surface area contributed by atoms with Gasteiger partial charge in [0.1, 0.15) is 5.75 Å². The van der Waals surface area contributed by atoms with Gasteiger partial charge in [-0.15, -0.1) is 0 Å². The van der Waals surface area contributed by atoms with Crippen LogP contribution in [-0.4, -0.2) is 19.6 Å². The van der Waals surface area contributed by atoms with E-state index in [4.69, 9.17) is 10.5 Å². The molecule has 3 N–H and O–H groups in total. The molecule has 0 aliphatic heterocycles. The standard InChI is InChI=1S/C22H30N2O2/c1-15(2)17-9-11-18(12-10-17)20(23)14-24-22(25)13-16(3)19-7-5-6-8-21(19)26-4/h5-12,15-16,20H,13-14,23H2,1-4H3,(H,24,25). The Morgan fingerprint density at radius 2 is 1.65 bits per heavy atom. The summed E-state index contributed by atoms with van der Waals surface area (Å²) in [6.07, 6.45) is 0.402. The fraction of sp³-hybridized carbons (Fsp3) is 0.409. The van der Waals surface area contributed by atoms with Crippen LogP contribution in [0.4, 0.5) is 0 Å². The highest BCUT2D eigenvalue weighted by Gasteiger charge is 2.16. The highest BCUT2D eigenvalue weighted by Crippen LogP contribution is 2.28. The van der Waals surface area contributed by atoms with Crippen LogP contribution >= 0.6 is 0 Å². The molecule has 2 atom stereocenters. The average Bonchev–Trinajstić information content (AvgIpc) is 2.66. The van der Waals surface area contributed by atoms with Crippen LogP contribution in [0.2, 0.25) is 0 Å². The van der Waals surface area contributed by atoms with Crippen LogP contribution in [0.15, 0.2) is 48.5 Å². The number of nitrogens with two attached hydrogens (primary N) is 1. The molecule has 0 aromatic heterocycles. The number of benzene rings is 2. The molecule has 1 amide bonds. The average molecular weight is 354 g/mol. The van der Waals surface area contributed by atoms with Gasteiger partial charge in [-0.2, -0.15) is 0 Å². The van der Waals surface area contributed by atoms with Crippen molar-refractivity contribution in [2.75, 3.05) is 13.7 Å². The van der Waals surface area contributed by atoms with Crippen molar-refractivity contribution in [3.8, 4) is 5.75 Å². The van der Waals surface area contributed by atoms with Gasteiger partial charge in [0.15, 0.2) is 0 Å². The van der Waals surface area contributed by atoms with Gasteiger partial charge in [0, 0.05) is 19.0 Å². The van der Waals surface area contributed by atoms with E-state index in [1.165, 1.54) is 5.56 Å². The summed E-state index contributed by atoms with van der Waals surface area (Å²) in [7, 11) is 1.65. The number of rotatable bonds is 8. The van der Waals surface area contributed by atoms with Gasteiger partial charge in [0.25, 0.3) is 0 Å². The molecule has 0 bridgehead atoms. The summed E-state index contributed by atoms with van der Waals surface area (Å²) in [5.74, 6) is 1.39. The molecule has 0 saturated carbocycles. The molecule has 0 heterocycles. The lowest BCUT2D eigenvalue weighted by Crippen LogP contribution is -2.32. The number of hydrogen-bond donors (Lipinski definition) is 2. The van der Waals surface area contributed by atoms with Crippen molar-refractivity contribution >= 4 is 5.91 Å². The topological polar surface area (TPSA) is 64.3 Å². The Kier molecular flexibility index (Phi) is 7.22. The van der Waals surface area contributed by atoms with Gasteiger partial charge in [0.05, 0.1) is 7.11 Å².